The minimum Gasteiger partial charge on any atom is -0.491 e. The van der Waals surface area contributed by atoms with E-state index in [1.165, 1.54) is 13.3 Å². The van der Waals surface area contributed by atoms with E-state index in [0.717, 1.165) is 15.7 Å². The highest BCUT2D eigenvalue weighted by molar-refractivity contribution is 6.43. The number of benzene rings is 1. The van der Waals surface area contributed by atoms with Crippen molar-refractivity contribution < 1.29 is 19.1 Å². The third kappa shape index (κ3) is 4.75. The summed E-state index contributed by atoms with van der Waals surface area (Å²) < 4.78 is 12.3. The summed E-state index contributed by atoms with van der Waals surface area (Å²) in [5.74, 6) is -2.49. The maximum atomic E-state index is 13.2. The van der Waals surface area contributed by atoms with Gasteiger partial charge in [0.1, 0.15) is 24.0 Å². The molecule has 1 aromatic carbocycles. The van der Waals surface area contributed by atoms with Crippen molar-refractivity contribution in [2.75, 3.05) is 26.9 Å². The minimum absolute atomic E-state index is 0.194. The summed E-state index contributed by atoms with van der Waals surface area (Å²) in [6, 6.07) is 6.35. The second kappa shape index (κ2) is 10.3. The summed E-state index contributed by atoms with van der Waals surface area (Å²) in [4.78, 5) is 55.6. The molecule has 0 N–H and O–H groups in total. The van der Waals surface area contributed by atoms with Gasteiger partial charge in [-0.25, -0.2) is 14.0 Å². The smallest absolute Gasteiger partial charge is 0.351 e. The summed E-state index contributed by atoms with van der Waals surface area (Å²) in [5.41, 5.74) is -1.38. The second-order valence-electron chi connectivity index (χ2n) is 7.47. The van der Waals surface area contributed by atoms with Gasteiger partial charge in [-0.3, -0.25) is 19.4 Å². The molecule has 2 heterocycles. The predicted molar refractivity (Wildman–Crippen MR) is 117 cm³/mol. The number of methoxy groups -OCH3 is 1. The van der Waals surface area contributed by atoms with Crippen LogP contribution in [0.15, 0.2) is 38.8 Å². The summed E-state index contributed by atoms with van der Waals surface area (Å²) >= 11 is 0. The summed E-state index contributed by atoms with van der Waals surface area (Å²) in [7, 11) is 2.95. The quantitative estimate of drug-likeness (QED) is 0.435. The molecule has 1 aromatic heterocycles. The van der Waals surface area contributed by atoms with Crippen molar-refractivity contribution in [2.24, 2.45) is 18.0 Å². The first-order chi connectivity index (χ1) is 15.4. The minimum atomic E-state index is -1.23. The molecule has 0 radical (unpaired) electrons. The monoisotopic (exact) mass is 442 g/mol. The molecule has 2 aromatic rings. The Balaban J connectivity index is 2.01. The molecule has 10 heteroatoms. The van der Waals surface area contributed by atoms with Gasteiger partial charge in [-0.15, -0.1) is 0 Å². The molecule has 0 aliphatic carbocycles. The molecule has 2 unspecified atom stereocenters. The van der Waals surface area contributed by atoms with Crippen LogP contribution in [0.4, 0.5) is 0 Å². The summed E-state index contributed by atoms with van der Waals surface area (Å²) in [6.45, 7) is 2.89. The molecule has 0 spiro atoms. The van der Waals surface area contributed by atoms with Crippen LogP contribution in [0.25, 0.3) is 5.69 Å². The molecule has 2 atom stereocenters. The van der Waals surface area contributed by atoms with Crippen LogP contribution in [-0.2, 0) is 21.4 Å². The lowest BCUT2D eigenvalue weighted by molar-refractivity contribution is -0.138. The summed E-state index contributed by atoms with van der Waals surface area (Å²) in [5, 5.41) is 4.02. The Hall–Kier alpha value is -3.40. The van der Waals surface area contributed by atoms with Crippen LogP contribution in [-0.4, -0.2) is 59.0 Å². The Labute approximate surface area is 184 Å². The van der Waals surface area contributed by atoms with Gasteiger partial charge in [0.15, 0.2) is 0 Å². The zero-order valence-electron chi connectivity index (χ0n) is 18.3. The van der Waals surface area contributed by atoms with E-state index in [1.54, 1.807) is 31.4 Å². The lowest BCUT2D eigenvalue weighted by atomic mass is 9.90. The number of hydrogen-bond acceptors (Lipinski definition) is 8. The molecule has 1 aliphatic heterocycles. The third-order valence-corrected chi connectivity index (χ3v) is 5.21. The van der Waals surface area contributed by atoms with Crippen LogP contribution in [0.5, 0.6) is 5.75 Å². The number of aromatic nitrogens is 3. The normalized spacial score (nSPS) is 18.6. The number of ketones is 2. The van der Waals surface area contributed by atoms with Crippen molar-refractivity contribution in [3.63, 3.8) is 0 Å². The maximum Gasteiger partial charge on any atom is 0.351 e. The number of carbonyl (C=O) groups is 2. The van der Waals surface area contributed by atoms with Crippen LogP contribution in [0.2, 0.25) is 0 Å². The average Bonchev–Trinajstić information content (AvgIpc) is 2.92. The van der Waals surface area contributed by atoms with Crippen molar-refractivity contribution in [1.82, 2.24) is 14.3 Å². The molecule has 0 amide bonds. The number of Topliss-reactive ketones (excluding diaryl/α,β-unsaturated/α-hetero) is 2. The molecular formula is C22H26N4O6. The number of carbonyl (C=O) groups excluding carboxylic acids is 2. The standard InChI is InChI=1S/C22H26N4O6/c1-4-5-14-12-23-13-17(20(28)19(14)27)18-21(29)26(22(30)25(2)24-18)15-6-8-16(9-7-15)32-11-10-31-3/h6-9,13-14,17H,4-5,10-12H2,1-3H3. The van der Waals surface area contributed by atoms with Crippen molar-refractivity contribution in [3.8, 4) is 11.4 Å². The van der Waals surface area contributed by atoms with E-state index in [0.29, 0.717) is 25.4 Å². The largest absolute Gasteiger partial charge is 0.491 e. The highest BCUT2D eigenvalue weighted by Crippen LogP contribution is 2.20. The Morgan fingerprint density at radius 1 is 1.06 bits per heavy atom. The van der Waals surface area contributed by atoms with E-state index in [1.807, 2.05) is 6.92 Å². The van der Waals surface area contributed by atoms with E-state index in [-0.39, 0.29) is 17.9 Å². The van der Waals surface area contributed by atoms with Crippen LogP contribution in [0.3, 0.4) is 0 Å². The van der Waals surface area contributed by atoms with Gasteiger partial charge in [-0.1, -0.05) is 13.3 Å². The van der Waals surface area contributed by atoms with Crippen LogP contribution in [0, 0.1) is 5.92 Å². The van der Waals surface area contributed by atoms with Gasteiger partial charge in [0.05, 0.1) is 12.3 Å². The van der Waals surface area contributed by atoms with Crippen molar-refractivity contribution in [2.45, 2.75) is 25.7 Å². The van der Waals surface area contributed by atoms with E-state index < -0.39 is 34.7 Å². The van der Waals surface area contributed by atoms with Crippen molar-refractivity contribution in [1.29, 1.82) is 0 Å². The average molecular weight is 442 g/mol. The highest BCUT2D eigenvalue weighted by atomic mass is 16.5. The number of aryl methyl sites for hydroxylation is 1. The molecular weight excluding hydrogens is 416 g/mol. The van der Waals surface area contributed by atoms with E-state index in [4.69, 9.17) is 9.47 Å². The Kier molecular flexibility index (Phi) is 7.47. The third-order valence-electron chi connectivity index (χ3n) is 5.21. The number of aliphatic imine (C=N–C) groups is 1. The second-order valence-corrected chi connectivity index (χ2v) is 7.47. The topological polar surface area (TPSA) is 122 Å². The number of hydrogen-bond donors (Lipinski definition) is 0. The lowest BCUT2D eigenvalue weighted by Gasteiger charge is -2.14. The molecule has 3 rings (SSSR count). The first-order valence-electron chi connectivity index (χ1n) is 10.4. The van der Waals surface area contributed by atoms with Crippen LogP contribution < -0.4 is 16.0 Å². The van der Waals surface area contributed by atoms with Gasteiger partial charge in [0.25, 0.3) is 5.56 Å². The van der Waals surface area contributed by atoms with Crippen LogP contribution >= 0.6 is 0 Å². The molecule has 1 aliphatic rings. The van der Waals surface area contributed by atoms with E-state index in [2.05, 4.69) is 10.1 Å². The molecule has 32 heavy (non-hydrogen) atoms. The zero-order chi connectivity index (χ0) is 23.3. The molecule has 10 nitrogen and oxygen atoms in total. The van der Waals surface area contributed by atoms with Gasteiger partial charge in [-0.05, 0) is 30.7 Å². The van der Waals surface area contributed by atoms with Gasteiger partial charge in [-0.2, -0.15) is 5.10 Å². The van der Waals surface area contributed by atoms with Crippen molar-refractivity contribution >= 4 is 17.8 Å². The Morgan fingerprint density at radius 3 is 2.44 bits per heavy atom. The van der Waals surface area contributed by atoms with Gasteiger partial charge in [0.2, 0.25) is 11.6 Å². The van der Waals surface area contributed by atoms with E-state index >= 15 is 0 Å². The molecule has 0 bridgehead atoms. The SMILES string of the molecule is CCCC1CN=CC(c2nn(C)c(=O)n(-c3ccc(OCCOC)cc3)c2=O)C(=O)C1=O. The molecule has 170 valence electrons. The molecule has 0 saturated heterocycles. The van der Waals surface area contributed by atoms with Gasteiger partial charge in [0, 0.05) is 32.8 Å². The molecule has 0 saturated carbocycles. The predicted octanol–water partition coefficient (Wildman–Crippen LogP) is 0.679. The first kappa shape index (κ1) is 23.3. The fourth-order valence-corrected chi connectivity index (χ4v) is 3.51. The Bertz CT molecular complexity index is 1130. The van der Waals surface area contributed by atoms with Gasteiger partial charge >= 0.3 is 5.69 Å². The Morgan fingerprint density at radius 2 is 1.78 bits per heavy atom. The number of rotatable bonds is 8. The fourth-order valence-electron chi connectivity index (χ4n) is 3.51. The van der Waals surface area contributed by atoms with Crippen LogP contribution in [0.1, 0.15) is 31.4 Å². The maximum absolute atomic E-state index is 13.2. The first-order valence-corrected chi connectivity index (χ1v) is 10.4. The fraction of sp³-hybridized carbons (Fsp3) is 0.455. The highest BCUT2D eigenvalue weighted by Gasteiger charge is 2.36. The zero-order valence-corrected chi connectivity index (χ0v) is 18.3. The molecule has 0 fully saturated rings. The summed E-state index contributed by atoms with van der Waals surface area (Å²) in [6.07, 6.45) is 2.57. The van der Waals surface area contributed by atoms with Crippen molar-refractivity contribution in [3.05, 3.63) is 50.8 Å². The lowest BCUT2D eigenvalue weighted by Crippen LogP contribution is -2.44. The number of ether oxygens (including phenoxy) is 2. The van der Waals surface area contributed by atoms with Gasteiger partial charge < -0.3 is 9.47 Å². The number of nitrogens with zero attached hydrogens (tertiary/aromatic N) is 4. The van der Waals surface area contributed by atoms with E-state index in [9.17, 15) is 19.2 Å².